The van der Waals surface area contributed by atoms with Crippen molar-refractivity contribution in [3.05, 3.63) is 29.8 Å². The quantitative estimate of drug-likeness (QED) is 0.815. The minimum Gasteiger partial charge on any atom is -0.394 e. The number of carbonyl (C=O) groups excluding carboxylic acids is 1. The number of hydrogen-bond acceptors (Lipinski definition) is 4. The monoisotopic (exact) mass is 354 g/mol. The number of aliphatic hydroxyl groups excluding tert-OH is 1. The fraction of sp³-hybridized carbons (Fsp3) is 0.588. The van der Waals surface area contributed by atoms with Crippen molar-refractivity contribution < 1.29 is 18.3 Å². The third-order valence-electron chi connectivity index (χ3n) is 4.51. The molecular formula is C17H26N2O4S. The van der Waals surface area contributed by atoms with Crippen LogP contribution in [0.1, 0.15) is 49.4 Å². The van der Waals surface area contributed by atoms with Crippen molar-refractivity contribution in [2.45, 2.75) is 56.0 Å². The lowest BCUT2D eigenvalue weighted by atomic mass is 9.96. The Balaban J connectivity index is 2.21. The van der Waals surface area contributed by atoms with Gasteiger partial charge in [-0.1, -0.05) is 25.3 Å². The zero-order chi connectivity index (χ0) is 17.7. The molecule has 1 aromatic rings. The number of benzene rings is 1. The molecule has 0 aromatic heterocycles. The van der Waals surface area contributed by atoms with E-state index in [1.807, 2.05) is 0 Å². The van der Waals surface area contributed by atoms with Gasteiger partial charge in [0.15, 0.2) is 0 Å². The minimum absolute atomic E-state index is 0.0237. The van der Waals surface area contributed by atoms with E-state index in [9.17, 15) is 13.2 Å². The number of hydrogen-bond donors (Lipinski definition) is 2. The fourth-order valence-corrected chi connectivity index (χ4v) is 4.42. The molecule has 0 unspecified atom stereocenters. The Hall–Kier alpha value is -1.44. The van der Waals surface area contributed by atoms with E-state index in [4.69, 9.17) is 5.11 Å². The van der Waals surface area contributed by atoms with Crippen LogP contribution in [0.3, 0.4) is 0 Å². The number of nitrogens with zero attached hydrogens (tertiary/aromatic N) is 1. The summed E-state index contributed by atoms with van der Waals surface area (Å²) in [6.07, 6.45) is 5.01. The Morgan fingerprint density at radius 2 is 2.00 bits per heavy atom. The molecule has 1 saturated carbocycles. The van der Waals surface area contributed by atoms with E-state index in [1.165, 1.54) is 16.4 Å². The first-order valence-corrected chi connectivity index (χ1v) is 9.80. The summed E-state index contributed by atoms with van der Waals surface area (Å²) in [7, 11) is -2.01. The van der Waals surface area contributed by atoms with Gasteiger partial charge in [-0.15, -0.1) is 0 Å². The molecule has 2 rings (SSSR count). The van der Waals surface area contributed by atoms with Gasteiger partial charge in [0.05, 0.1) is 11.5 Å². The number of aliphatic hydroxyl groups is 1. The van der Waals surface area contributed by atoms with Crippen LogP contribution in [0.2, 0.25) is 0 Å². The van der Waals surface area contributed by atoms with Gasteiger partial charge in [-0.05, 0) is 38.0 Å². The maximum atomic E-state index is 12.8. The van der Waals surface area contributed by atoms with Crippen LogP contribution in [0.5, 0.6) is 0 Å². The van der Waals surface area contributed by atoms with E-state index in [1.54, 1.807) is 26.1 Å². The van der Waals surface area contributed by atoms with E-state index < -0.39 is 15.9 Å². The van der Waals surface area contributed by atoms with Crippen LogP contribution >= 0.6 is 0 Å². The predicted molar refractivity (Wildman–Crippen MR) is 92.3 cm³/mol. The van der Waals surface area contributed by atoms with Crippen LogP contribution in [0, 0.1) is 0 Å². The molecule has 7 heteroatoms. The molecule has 0 bridgehead atoms. The zero-order valence-corrected chi connectivity index (χ0v) is 15.1. The van der Waals surface area contributed by atoms with Crippen molar-refractivity contribution in [3.8, 4) is 0 Å². The highest BCUT2D eigenvalue weighted by molar-refractivity contribution is 7.89. The summed E-state index contributed by atoms with van der Waals surface area (Å²) >= 11 is 0. The molecule has 1 amide bonds. The standard InChI is InChI=1S/C17H26N2O4S/c1-13(12-20)18-17(21)14-7-6-10-16(11-14)24(22,23)19(2)15-8-4-3-5-9-15/h6-7,10-11,13,15,20H,3-5,8-9,12H2,1-2H3,(H,18,21)/t13-/m0/s1. The SMILES string of the molecule is C[C@@H](CO)NC(=O)c1cccc(S(=O)(=O)N(C)C2CCCCC2)c1. The Morgan fingerprint density at radius 3 is 2.62 bits per heavy atom. The summed E-state index contributed by atoms with van der Waals surface area (Å²) in [6.45, 7) is 1.50. The lowest BCUT2D eigenvalue weighted by Gasteiger charge is -2.30. The number of amides is 1. The number of rotatable bonds is 6. The van der Waals surface area contributed by atoms with Gasteiger partial charge in [0, 0.05) is 24.7 Å². The van der Waals surface area contributed by atoms with Crippen LogP contribution in [-0.2, 0) is 10.0 Å². The molecule has 0 spiro atoms. The summed E-state index contributed by atoms with van der Waals surface area (Å²) in [4.78, 5) is 12.3. The molecular weight excluding hydrogens is 328 g/mol. The Kier molecular flexibility index (Phi) is 6.37. The molecule has 2 N–H and O–H groups in total. The normalized spacial score (nSPS) is 17.7. The number of carbonyl (C=O) groups is 1. The maximum Gasteiger partial charge on any atom is 0.251 e. The highest BCUT2D eigenvalue weighted by Crippen LogP contribution is 2.26. The second-order valence-corrected chi connectivity index (χ2v) is 8.40. The Bertz CT molecular complexity index is 669. The third-order valence-corrected chi connectivity index (χ3v) is 6.42. The van der Waals surface area contributed by atoms with Crippen LogP contribution in [-0.4, -0.2) is 49.5 Å². The number of nitrogens with one attached hydrogen (secondary N) is 1. The van der Waals surface area contributed by atoms with Crippen molar-refractivity contribution >= 4 is 15.9 Å². The minimum atomic E-state index is -3.62. The Labute approximate surface area is 143 Å². The molecule has 6 nitrogen and oxygen atoms in total. The molecule has 1 aliphatic rings. The lowest BCUT2D eigenvalue weighted by molar-refractivity contribution is 0.0922. The second kappa shape index (κ2) is 8.09. The van der Waals surface area contributed by atoms with Crippen molar-refractivity contribution in [1.82, 2.24) is 9.62 Å². The van der Waals surface area contributed by atoms with E-state index in [-0.39, 0.29) is 29.1 Å². The molecule has 1 fully saturated rings. The van der Waals surface area contributed by atoms with Crippen LogP contribution in [0.15, 0.2) is 29.2 Å². The van der Waals surface area contributed by atoms with E-state index >= 15 is 0 Å². The Morgan fingerprint density at radius 1 is 1.33 bits per heavy atom. The summed E-state index contributed by atoms with van der Waals surface area (Å²) in [6, 6.07) is 5.69. The van der Waals surface area contributed by atoms with Gasteiger partial charge in [-0.3, -0.25) is 4.79 Å². The first-order chi connectivity index (χ1) is 11.4. The van der Waals surface area contributed by atoms with Gasteiger partial charge in [0.2, 0.25) is 10.0 Å². The van der Waals surface area contributed by atoms with E-state index in [0.717, 1.165) is 32.1 Å². The average molecular weight is 354 g/mol. The number of sulfonamides is 1. The topological polar surface area (TPSA) is 86.7 Å². The molecule has 0 heterocycles. The first kappa shape index (κ1) is 18.9. The second-order valence-electron chi connectivity index (χ2n) is 6.40. The van der Waals surface area contributed by atoms with Crippen molar-refractivity contribution in [1.29, 1.82) is 0 Å². The smallest absolute Gasteiger partial charge is 0.251 e. The van der Waals surface area contributed by atoms with Crippen molar-refractivity contribution in [2.24, 2.45) is 0 Å². The van der Waals surface area contributed by atoms with Gasteiger partial charge >= 0.3 is 0 Å². The molecule has 1 atom stereocenters. The van der Waals surface area contributed by atoms with Crippen molar-refractivity contribution in [3.63, 3.8) is 0 Å². The lowest BCUT2D eigenvalue weighted by Crippen LogP contribution is -2.38. The van der Waals surface area contributed by atoms with E-state index in [0.29, 0.717) is 0 Å². The van der Waals surface area contributed by atoms with E-state index in [2.05, 4.69) is 5.32 Å². The molecule has 0 radical (unpaired) electrons. The van der Waals surface area contributed by atoms with Gasteiger partial charge in [-0.25, -0.2) is 8.42 Å². The highest BCUT2D eigenvalue weighted by Gasteiger charge is 2.29. The average Bonchev–Trinajstić information content (AvgIpc) is 2.61. The summed E-state index contributed by atoms with van der Waals surface area (Å²) in [5.41, 5.74) is 0.272. The highest BCUT2D eigenvalue weighted by atomic mass is 32.2. The summed E-state index contributed by atoms with van der Waals surface area (Å²) in [5.74, 6) is -0.395. The van der Waals surface area contributed by atoms with Crippen LogP contribution < -0.4 is 5.32 Å². The molecule has 1 aliphatic carbocycles. The molecule has 134 valence electrons. The van der Waals surface area contributed by atoms with Gasteiger partial charge in [0.25, 0.3) is 5.91 Å². The molecule has 1 aromatic carbocycles. The fourth-order valence-electron chi connectivity index (χ4n) is 2.96. The van der Waals surface area contributed by atoms with Crippen LogP contribution in [0.4, 0.5) is 0 Å². The van der Waals surface area contributed by atoms with Gasteiger partial charge in [-0.2, -0.15) is 4.31 Å². The molecule has 0 saturated heterocycles. The van der Waals surface area contributed by atoms with Crippen molar-refractivity contribution in [2.75, 3.05) is 13.7 Å². The molecule has 24 heavy (non-hydrogen) atoms. The molecule has 0 aliphatic heterocycles. The first-order valence-electron chi connectivity index (χ1n) is 8.36. The largest absolute Gasteiger partial charge is 0.394 e. The summed E-state index contributed by atoms with van der Waals surface area (Å²) in [5, 5.41) is 11.6. The maximum absolute atomic E-state index is 12.8. The zero-order valence-electron chi connectivity index (χ0n) is 14.2. The van der Waals surface area contributed by atoms with Crippen LogP contribution in [0.25, 0.3) is 0 Å². The summed E-state index contributed by atoms with van der Waals surface area (Å²) < 4.78 is 27.1. The predicted octanol–water partition coefficient (Wildman–Crippen LogP) is 1.75. The van der Waals surface area contributed by atoms with Gasteiger partial charge < -0.3 is 10.4 Å². The third kappa shape index (κ3) is 4.34. The van der Waals surface area contributed by atoms with Gasteiger partial charge in [0.1, 0.15) is 0 Å².